The fourth-order valence-electron chi connectivity index (χ4n) is 1.67. The number of Topliss-reactive ketones (excluding diaryl/α,β-unsaturated/α-hetero) is 1. The Labute approximate surface area is 110 Å². The Hall–Kier alpha value is -2.56. The maximum absolute atomic E-state index is 11.3. The van der Waals surface area contributed by atoms with E-state index in [0.29, 0.717) is 11.2 Å². The van der Waals surface area contributed by atoms with Gasteiger partial charge < -0.3 is 5.11 Å². The topological polar surface area (TPSA) is 74.9 Å². The van der Waals surface area contributed by atoms with Gasteiger partial charge in [0.05, 0.1) is 5.52 Å². The van der Waals surface area contributed by atoms with Crippen LogP contribution in [0.25, 0.3) is 10.9 Å². The van der Waals surface area contributed by atoms with Crippen molar-refractivity contribution >= 4 is 22.4 Å². The number of azo groups is 1. The number of aliphatic hydroxyl groups is 1. The number of nitrogens with zero attached hydrogens (tertiary/aromatic N) is 3. The number of rotatable bonds is 3. The van der Waals surface area contributed by atoms with Gasteiger partial charge in [-0.15, -0.1) is 10.2 Å². The van der Waals surface area contributed by atoms with Gasteiger partial charge in [-0.05, 0) is 19.1 Å². The van der Waals surface area contributed by atoms with E-state index >= 15 is 0 Å². The van der Waals surface area contributed by atoms with Crippen LogP contribution in [0.1, 0.15) is 13.8 Å². The van der Waals surface area contributed by atoms with E-state index in [2.05, 4.69) is 15.2 Å². The van der Waals surface area contributed by atoms with Gasteiger partial charge in [-0.3, -0.25) is 9.78 Å². The van der Waals surface area contributed by atoms with Crippen LogP contribution in [0.3, 0.4) is 0 Å². The number of carbonyl (C=O) groups is 1. The molecule has 0 amide bonds. The van der Waals surface area contributed by atoms with Crippen LogP contribution in [0, 0.1) is 0 Å². The van der Waals surface area contributed by atoms with Crippen molar-refractivity contribution in [1.82, 2.24) is 4.98 Å². The van der Waals surface area contributed by atoms with E-state index in [1.165, 1.54) is 13.8 Å². The fraction of sp³-hybridized carbons (Fsp3) is 0.143. The largest absolute Gasteiger partial charge is 0.510 e. The zero-order valence-electron chi connectivity index (χ0n) is 10.7. The standard InChI is InChI=1S/C14H13N3O2/c1-9(18)13(10(2)19)17-16-12-7-3-5-11-6-4-8-15-14(11)12/h3-8,18H,1-2H3/b13-9-,17-16?. The van der Waals surface area contributed by atoms with Crippen LogP contribution >= 0.6 is 0 Å². The van der Waals surface area contributed by atoms with Crippen molar-refractivity contribution in [2.45, 2.75) is 13.8 Å². The Morgan fingerprint density at radius 2 is 1.95 bits per heavy atom. The van der Waals surface area contributed by atoms with Gasteiger partial charge in [0, 0.05) is 18.5 Å². The minimum Gasteiger partial charge on any atom is -0.510 e. The number of fused-ring (bicyclic) bond motifs is 1. The molecule has 0 bridgehead atoms. The highest BCUT2D eigenvalue weighted by Gasteiger charge is 2.07. The van der Waals surface area contributed by atoms with Gasteiger partial charge in [0.15, 0.2) is 11.5 Å². The molecule has 0 saturated heterocycles. The number of hydrogen-bond acceptors (Lipinski definition) is 5. The normalized spacial score (nSPS) is 12.7. The molecule has 0 aliphatic heterocycles. The van der Waals surface area contributed by atoms with Gasteiger partial charge in [-0.1, -0.05) is 18.2 Å². The summed E-state index contributed by atoms with van der Waals surface area (Å²) in [5.74, 6) is -0.485. The molecule has 5 heteroatoms. The summed E-state index contributed by atoms with van der Waals surface area (Å²) in [5.41, 5.74) is 1.21. The highest BCUT2D eigenvalue weighted by atomic mass is 16.3. The minimum absolute atomic E-state index is 0.0482. The van der Waals surface area contributed by atoms with Crippen molar-refractivity contribution in [3.8, 4) is 0 Å². The molecule has 5 nitrogen and oxygen atoms in total. The summed E-state index contributed by atoms with van der Waals surface area (Å²) in [7, 11) is 0. The third kappa shape index (κ3) is 2.82. The highest BCUT2D eigenvalue weighted by Crippen LogP contribution is 2.24. The molecule has 19 heavy (non-hydrogen) atoms. The number of benzene rings is 1. The molecule has 1 heterocycles. The Morgan fingerprint density at radius 3 is 2.63 bits per heavy atom. The third-order valence-electron chi connectivity index (χ3n) is 2.55. The first-order valence-corrected chi connectivity index (χ1v) is 5.76. The van der Waals surface area contributed by atoms with Crippen LogP contribution in [0.5, 0.6) is 0 Å². The van der Waals surface area contributed by atoms with Crippen LogP contribution < -0.4 is 0 Å². The first kappa shape index (κ1) is 12.9. The predicted molar refractivity (Wildman–Crippen MR) is 72.3 cm³/mol. The lowest BCUT2D eigenvalue weighted by Gasteiger charge is -2.00. The molecule has 2 rings (SSSR count). The van der Waals surface area contributed by atoms with Gasteiger partial charge in [-0.25, -0.2) is 0 Å². The van der Waals surface area contributed by atoms with Gasteiger partial charge >= 0.3 is 0 Å². The first-order chi connectivity index (χ1) is 9.09. The quantitative estimate of drug-likeness (QED) is 0.516. The van der Waals surface area contributed by atoms with Crippen LogP contribution in [0.15, 0.2) is 58.2 Å². The smallest absolute Gasteiger partial charge is 0.183 e. The van der Waals surface area contributed by atoms with E-state index in [-0.39, 0.29) is 17.2 Å². The van der Waals surface area contributed by atoms with E-state index in [4.69, 9.17) is 0 Å². The summed E-state index contributed by atoms with van der Waals surface area (Å²) in [4.78, 5) is 15.5. The molecule has 0 unspecified atom stereocenters. The molecule has 96 valence electrons. The zero-order valence-corrected chi connectivity index (χ0v) is 10.7. The van der Waals surface area contributed by atoms with Crippen molar-refractivity contribution in [3.05, 3.63) is 48.0 Å². The number of aromatic nitrogens is 1. The van der Waals surface area contributed by atoms with Crippen LogP contribution in [0.4, 0.5) is 5.69 Å². The molecule has 0 saturated carbocycles. The molecule has 0 aliphatic rings. The summed E-state index contributed by atoms with van der Waals surface area (Å²) < 4.78 is 0. The molecular formula is C14H13N3O2. The summed E-state index contributed by atoms with van der Waals surface area (Å²) in [6.45, 7) is 2.73. The Kier molecular flexibility index (Phi) is 3.66. The summed E-state index contributed by atoms with van der Waals surface area (Å²) in [6.07, 6.45) is 1.67. The van der Waals surface area contributed by atoms with E-state index in [1.807, 2.05) is 24.3 Å². The number of ketones is 1. The zero-order chi connectivity index (χ0) is 13.8. The van der Waals surface area contributed by atoms with Crippen LogP contribution in [0.2, 0.25) is 0 Å². The van der Waals surface area contributed by atoms with Gasteiger partial charge in [-0.2, -0.15) is 0 Å². The number of pyridine rings is 1. The third-order valence-corrected chi connectivity index (χ3v) is 2.55. The second kappa shape index (κ2) is 5.39. The molecule has 0 aliphatic carbocycles. The minimum atomic E-state index is -0.336. The molecule has 0 fully saturated rings. The first-order valence-electron chi connectivity index (χ1n) is 5.76. The highest BCUT2D eigenvalue weighted by molar-refractivity contribution is 5.93. The monoisotopic (exact) mass is 255 g/mol. The molecule has 0 spiro atoms. The van der Waals surface area contributed by atoms with Gasteiger partial charge in [0.2, 0.25) is 0 Å². The maximum Gasteiger partial charge on any atom is 0.183 e. The molecular weight excluding hydrogens is 242 g/mol. The van der Waals surface area contributed by atoms with Gasteiger partial charge in [0.25, 0.3) is 0 Å². The molecule has 1 aromatic heterocycles. The van der Waals surface area contributed by atoms with Crippen molar-refractivity contribution in [2.24, 2.45) is 10.2 Å². The lowest BCUT2D eigenvalue weighted by molar-refractivity contribution is -0.113. The van der Waals surface area contributed by atoms with Crippen molar-refractivity contribution in [3.63, 3.8) is 0 Å². The molecule has 1 N–H and O–H groups in total. The fourth-order valence-corrected chi connectivity index (χ4v) is 1.67. The van der Waals surface area contributed by atoms with E-state index in [9.17, 15) is 9.90 Å². The second-order valence-electron chi connectivity index (χ2n) is 4.04. The summed E-state index contributed by atoms with van der Waals surface area (Å²) in [6, 6.07) is 9.26. The average molecular weight is 255 g/mol. The van der Waals surface area contributed by atoms with E-state index in [0.717, 1.165) is 5.39 Å². The Morgan fingerprint density at radius 1 is 1.21 bits per heavy atom. The summed E-state index contributed by atoms with van der Waals surface area (Å²) >= 11 is 0. The SMILES string of the molecule is CC(=O)/C(N=Nc1cccc2cccnc12)=C(\C)O. The van der Waals surface area contributed by atoms with Crippen molar-refractivity contribution < 1.29 is 9.90 Å². The number of carbonyl (C=O) groups excluding carboxylic acids is 1. The van der Waals surface area contributed by atoms with E-state index < -0.39 is 0 Å². The lowest BCUT2D eigenvalue weighted by atomic mass is 10.2. The number of allylic oxidation sites excluding steroid dienone is 2. The molecule has 0 radical (unpaired) electrons. The molecule has 1 aromatic carbocycles. The second-order valence-corrected chi connectivity index (χ2v) is 4.04. The van der Waals surface area contributed by atoms with Crippen molar-refractivity contribution in [1.29, 1.82) is 0 Å². The maximum atomic E-state index is 11.3. The molecule has 0 atom stereocenters. The average Bonchev–Trinajstić information content (AvgIpc) is 2.38. The van der Waals surface area contributed by atoms with Crippen LogP contribution in [-0.2, 0) is 4.79 Å². The Bertz CT molecular complexity index is 681. The predicted octanol–water partition coefficient (Wildman–Crippen LogP) is 3.70. The number of aliphatic hydroxyl groups excluding tert-OH is 1. The van der Waals surface area contributed by atoms with Crippen molar-refractivity contribution in [2.75, 3.05) is 0 Å². The summed E-state index contributed by atoms with van der Waals surface area (Å²) in [5, 5.41) is 18.1. The van der Waals surface area contributed by atoms with Gasteiger partial charge in [0.1, 0.15) is 11.4 Å². The van der Waals surface area contributed by atoms with Crippen LogP contribution in [-0.4, -0.2) is 15.9 Å². The molecule has 2 aromatic rings. The number of para-hydroxylation sites is 1. The van der Waals surface area contributed by atoms with E-state index in [1.54, 1.807) is 12.3 Å². The lowest BCUT2D eigenvalue weighted by Crippen LogP contribution is -1.96. The number of hydrogen-bond donors (Lipinski definition) is 1. The Balaban J connectivity index is 2.47.